The van der Waals surface area contributed by atoms with E-state index in [2.05, 4.69) is 28.9 Å². The quantitative estimate of drug-likeness (QED) is 0.703. The number of aryl methyl sites for hydroxylation is 2. The van der Waals surface area contributed by atoms with Crippen molar-refractivity contribution in [1.82, 2.24) is 9.88 Å². The van der Waals surface area contributed by atoms with E-state index in [0.29, 0.717) is 17.9 Å². The summed E-state index contributed by atoms with van der Waals surface area (Å²) < 4.78 is 7.42. The lowest BCUT2D eigenvalue weighted by Gasteiger charge is -2.13. The summed E-state index contributed by atoms with van der Waals surface area (Å²) in [7, 11) is 0. The number of nitrogens with zero attached hydrogens (tertiary/aromatic N) is 2. The van der Waals surface area contributed by atoms with Crippen molar-refractivity contribution in [3.05, 3.63) is 82.7 Å². The van der Waals surface area contributed by atoms with Crippen LogP contribution in [0, 0.1) is 32.1 Å². The first kappa shape index (κ1) is 19.2. The van der Waals surface area contributed by atoms with Crippen molar-refractivity contribution in [3.63, 3.8) is 0 Å². The molecule has 142 valence electrons. The molecule has 5 nitrogen and oxygen atoms in total. The first-order valence-electron chi connectivity index (χ1n) is 9.13. The Morgan fingerprint density at radius 1 is 1.11 bits per heavy atom. The van der Waals surface area contributed by atoms with Gasteiger partial charge in [-0.05, 0) is 56.2 Å². The lowest BCUT2D eigenvalue weighted by molar-refractivity contribution is 0.0950. The largest absolute Gasteiger partial charge is 0.479 e. The fourth-order valence-electron chi connectivity index (χ4n) is 3.32. The fraction of sp³-hybridized carbons (Fsp3) is 0.217. The Hall–Kier alpha value is -3.52. The van der Waals surface area contributed by atoms with E-state index in [0.717, 1.165) is 28.2 Å². The normalized spacial score (nSPS) is 10.4. The van der Waals surface area contributed by atoms with Crippen LogP contribution in [0.4, 0.5) is 0 Å². The summed E-state index contributed by atoms with van der Waals surface area (Å²) in [6, 6.07) is 19.4. The highest BCUT2D eigenvalue weighted by molar-refractivity contribution is 5.95. The number of rotatable bonds is 6. The molecule has 0 atom stereocenters. The summed E-state index contributed by atoms with van der Waals surface area (Å²) in [5, 5.41) is 11.6. The number of para-hydroxylation sites is 1. The van der Waals surface area contributed by atoms with Crippen LogP contribution in [-0.2, 0) is 6.54 Å². The second-order valence-electron chi connectivity index (χ2n) is 6.68. The van der Waals surface area contributed by atoms with Crippen LogP contribution >= 0.6 is 0 Å². The molecule has 0 saturated carbocycles. The molecule has 1 amide bonds. The average molecular weight is 373 g/mol. The maximum atomic E-state index is 12.8. The number of hydrogen-bond donors (Lipinski definition) is 1. The number of nitrogens with one attached hydrogen (secondary N) is 1. The number of aromatic nitrogens is 1. The summed E-state index contributed by atoms with van der Waals surface area (Å²) in [6.45, 7) is 6.42. The highest BCUT2D eigenvalue weighted by Crippen LogP contribution is 2.23. The summed E-state index contributed by atoms with van der Waals surface area (Å²) in [4.78, 5) is 12.8. The Kier molecular flexibility index (Phi) is 5.81. The number of benzene rings is 2. The Morgan fingerprint density at radius 3 is 2.64 bits per heavy atom. The third-order valence-electron chi connectivity index (χ3n) is 4.69. The summed E-state index contributed by atoms with van der Waals surface area (Å²) in [6.07, 6.45) is 0. The molecule has 0 radical (unpaired) electrons. The Morgan fingerprint density at radius 2 is 1.89 bits per heavy atom. The number of carbonyl (C=O) groups excluding carboxylic acids is 1. The minimum atomic E-state index is -0.115. The zero-order valence-electron chi connectivity index (χ0n) is 16.3. The van der Waals surface area contributed by atoms with Gasteiger partial charge in [0.15, 0.2) is 6.61 Å². The van der Waals surface area contributed by atoms with Gasteiger partial charge in [0.05, 0.1) is 5.56 Å². The van der Waals surface area contributed by atoms with Gasteiger partial charge < -0.3 is 14.6 Å². The second-order valence-corrected chi connectivity index (χ2v) is 6.68. The van der Waals surface area contributed by atoms with Crippen molar-refractivity contribution < 1.29 is 9.53 Å². The molecule has 5 heteroatoms. The van der Waals surface area contributed by atoms with Crippen LogP contribution in [0.1, 0.15) is 32.9 Å². The van der Waals surface area contributed by atoms with Crippen molar-refractivity contribution in [2.24, 2.45) is 0 Å². The van der Waals surface area contributed by atoms with E-state index in [-0.39, 0.29) is 12.5 Å². The molecule has 3 aromatic rings. The lowest BCUT2D eigenvalue weighted by atomic mass is 10.2. The van der Waals surface area contributed by atoms with E-state index in [1.54, 1.807) is 6.07 Å². The highest BCUT2D eigenvalue weighted by Gasteiger charge is 2.17. The van der Waals surface area contributed by atoms with Crippen molar-refractivity contribution in [2.45, 2.75) is 27.3 Å². The molecule has 0 unspecified atom stereocenters. The fourth-order valence-corrected chi connectivity index (χ4v) is 3.32. The van der Waals surface area contributed by atoms with Gasteiger partial charge in [-0.15, -0.1) is 0 Å². The van der Waals surface area contributed by atoms with E-state index in [9.17, 15) is 4.79 Å². The molecule has 0 fully saturated rings. The van der Waals surface area contributed by atoms with Crippen molar-refractivity contribution >= 4 is 5.91 Å². The molecule has 1 N–H and O–H groups in total. The monoisotopic (exact) mass is 373 g/mol. The predicted molar refractivity (Wildman–Crippen MR) is 109 cm³/mol. The van der Waals surface area contributed by atoms with Crippen molar-refractivity contribution in [3.8, 4) is 17.5 Å². The van der Waals surface area contributed by atoms with Crippen molar-refractivity contribution in [2.75, 3.05) is 6.61 Å². The third kappa shape index (κ3) is 4.07. The van der Waals surface area contributed by atoms with Crippen LogP contribution in [0.15, 0.2) is 54.6 Å². The van der Waals surface area contributed by atoms with Crippen LogP contribution < -0.4 is 10.1 Å². The minimum Gasteiger partial charge on any atom is -0.479 e. The van der Waals surface area contributed by atoms with Gasteiger partial charge in [0, 0.05) is 23.6 Å². The Balaban J connectivity index is 1.77. The SMILES string of the molecule is Cc1ccccc1-n1c(C)cc(C(=O)NCc2cccc(OCC#N)c2)c1C. The number of hydrogen-bond acceptors (Lipinski definition) is 3. The number of nitriles is 1. The minimum absolute atomic E-state index is 0.000697. The van der Waals surface area contributed by atoms with Crippen LogP contribution in [0.25, 0.3) is 5.69 Å². The van der Waals surface area contributed by atoms with Gasteiger partial charge in [0.2, 0.25) is 0 Å². The molecule has 0 aliphatic rings. The topological polar surface area (TPSA) is 67.1 Å². The van der Waals surface area contributed by atoms with E-state index in [1.165, 1.54) is 0 Å². The standard InChI is InChI=1S/C23H23N3O2/c1-16-7-4-5-10-22(16)26-17(2)13-21(18(26)3)23(27)25-15-19-8-6-9-20(14-19)28-12-11-24/h4-10,13-14H,12,15H2,1-3H3,(H,25,27). The summed E-state index contributed by atoms with van der Waals surface area (Å²) >= 11 is 0. The van der Waals surface area contributed by atoms with Crippen LogP contribution in [0.2, 0.25) is 0 Å². The highest BCUT2D eigenvalue weighted by atomic mass is 16.5. The molecule has 1 aromatic heterocycles. The molecule has 3 rings (SSSR count). The van der Waals surface area contributed by atoms with E-state index in [1.807, 2.05) is 56.3 Å². The third-order valence-corrected chi connectivity index (χ3v) is 4.69. The molecular formula is C23H23N3O2. The van der Waals surface area contributed by atoms with Gasteiger partial charge in [-0.1, -0.05) is 30.3 Å². The molecule has 0 aliphatic heterocycles. The molecule has 0 aliphatic carbocycles. The maximum Gasteiger partial charge on any atom is 0.253 e. The van der Waals surface area contributed by atoms with E-state index >= 15 is 0 Å². The van der Waals surface area contributed by atoms with E-state index in [4.69, 9.17) is 10.00 Å². The number of carbonyl (C=O) groups is 1. The van der Waals surface area contributed by atoms with Crippen LogP contribution in [-0.4, -0.2) is 17.1 Å². The first-order chi connectivity index (χ1) is 13.5. The van der Waals surface area contributed by atoms with Crippen LogP contribution in [0.3, 0.4) is 0 Å². The molecule has 28 heavy (non-hydrogen) atoms. The van der Waals surface area contributed by atoms with E-state index < -0.39 is 0 Å². The van der Waals surface area contributed by atoms with Crippen molar-refractivity contribution in [1.29, 1.82) is 5.26 Å². The second kappa shape index (κ2) is 8.45. The maximum absolute atomic E-state index is 12.8. The predicted octanol–water partition coefficient (Wildman–Crippen LogP) is 4.23. The van der Waals surface area contributed by atoms with Gasteiger partial charge in [0.25, 0.3) is 5.91 Å². The van der Waals surface area contributed by atoms with Gasteiger partial charge in [0.1, 0.15) is 11.8 Å². The Labute approximate surface area is 165 Å². The molecule has 2 aromatic carbocycles. The molecular weight excluding hydrogens is 350 g/mol. The average Bonchev–Trinajstić information content (AvgIpc) is 2.99. The summed E-state index contributed by atoms with van der Waals surface area (Å²) in [5.74, 6) is 0.502. The van der Waals surface area contributed by atoms with Gasteiger partial charge >= 0.3 is 0 Å². The summed E-state index contributed by atoms with van der Waals surface area (Å²) in [5.41, 5.74) is 5.75. The van der Waals surface area contributed by atoms with Gasteiger partial charge in [-0.2, -0.15) is 5.26 Å². The lowest BCUT2D eigenvalue weighted by Crippen LogP contribution is -2.23. The smallest absolute Gasteiger partial charge is 0.253 e. The molecule has 1 heterocycles. The Bertz CT molecular complexity index is 1040. The number of amides is 1. The van der Waals surface area contributed by atoms with Gasteiger partial charge in [-0.3, -0.25) is 4.79 Å². The zero-order chi connectivity index (χ0) is 20.1. The number of ether oxygens (including phenoxy) is 1. The van der Waals surface area contributed by atoms with Gasteiger partial charge in [-0.25, -0.2) is 0 Å². The van der Waals surface area contributed by atoms with Crippen LogP contribution in [0.5, 0.6) is 5.75 Å². The molecule has 0 spiro atoms. The first-order valence-corrected chi connectivity index (χ1v) is 9.13. The molecule has 0 bridgehead atoms. The zero-order valence-corrected chi connectivity index (χ0v) is 16.3. The molecule has 0 saturated heterocycles.